The number of carbonyl (C=O) groups excluding carboxylic acids is 2. The molecule has 0 spiro atoms. The zero-order chi connectivity index (χ0) is 16.2. The molecule has 7 nitrogen and oxygen atoms in total. The van der Waals surface area contributed by atoms with Gasteiger partial charge in [-0.2, -0.15) is 8.42 Å². The van der Waals surface area contributed by atoms with Crippen LogP contribution in [0.3, 0.4) is 0 Å². The quantitative estimate of drug-likeness (QED) is 0.384. The lowest BCUT2D eigenvalue weighted by Crippen LogP contribution is -2.10. The van der Waals surface area contributed by atoms with Gasteiger partial charge >= 0.3 is 0 Å². The van der Waals surface area contributed by atoms with Gasteiger partial charge in [-0.15, -0.1) is 6.58 Å². The molecule has 0 aromatic heterocycles. The van der Waals surface area contributed by atoms with Crippen LogP contribution < -0.4 is 11.5 Å². The van der Waals surface area contributed by atoms with Gasteiger partial charge in [-0.3, -0.25) is 14.1 Å². The Balaban J connectivity index is -0.000000203. The third-order valence-corrected chi connectivity index (χ3v) is 1.83. The van der Waals surface area contributed by atoms with E-state index < -0.39 is 21.9 Å². The summed E-state index contributed by atoms with van der Waals surface area (Å²) in [6.45, 7) is 12.8. The van der Waals surface area contributed by atoms with Gasteiger partial charge in [0.05, 0.1) is 5.75 Å². The Hall–Kier alpha value is -1.93. The molecule has 0 aliphatic rings. The summed E-state index contributed by atoms with van der Waals surface area (Å²) in [6.07, 6.45) is 1.12. The monoisotopic (exact) mass is 292 g/mol. The predicted octanol–water partition coefficient (Wildman–Crippen LogP) is 0.156. The number of amides is 2. The summed E-state index contributed by atoms with van der Waals surface area (Å²) in [6, 6.07) is 0. The fourth-order valence-corrected chi connectivity index (χ4v) is 0.447. The van der Waals surface area contributed by atoms with Crippen molar-refractivity contribution in [2.24, 2.45) is 11.5 Å². The number of carbonyl (C=O) groups is 2. The number of rotatable bonds is 4. The normalized spacial score (nSPS) is 8.79. The maximum absolute atomic E-state index is 9.82. The standard InChI is InChI=1S/2C4H7NO.C3H6O3S/c2*1-3(2)4(5)6;1-2-3-7(4,5)6/h2*1H2,2H3,(H2,5,6);2H,1,3H2,(H,4,5,6). The Bertz CT molecular complexity index is 404. The van der Waals surface area contributed by atoms with Crippen LogP contribution in [0.4, 0.5) is 0 Å². The molecular formula is C11H20N2O5S. The lowest BCUT2D eigenvalue weighted by atomic mass is 10.3. The SMILES string of the molecule is C=C(C)C(N)=O.C=C(C)C(N)=O.C=CCS(=O)(=O)O. The third kappa shape index (κ3) is 31.4. The first-order valence-corrected chi connectivity index (χ1v) is 6.42. The van der Waals surface area contributed by atoms with Gasteiger partial charge in [0.2, 0.25) is 11.8 Å². The van der Waals surface area contributed by atoms with Gasteiger partial charge in [-0.25, -0.2) is 0 Å². The molecule has 2 amide bonds. The molecule has 8 heteroatoms. The van der Waals surface area contributed by atoms with Gasteiger partial charge < -0.3 is 11.5 Å². The molecule has 0 aliphatic carbocycles. The molecule has 0 aliphatic heterocycles. The summed E-state index contributed by atoms with van der Waals surface area (Å²) in [5, 5.41) is 0. The largest absolute Gasteiger partial charge is 0.366 e. The van der Waals surface area contributed by atoms with Crippen LogP contribution in [0.25, 0.3) is 0 Å². The van der Waals surface area contributed by atoms with Crippen molar-refractivity contribution in [2.75, 3.05) is 5.75 Å². The first kappa shape index (κ1) is 22.3. The highest BCUT2D eigenvalue weighted by molar-refractivity contribution is 7.85. The Morgan fingerprint density at radius 1 is 1.11 bits per heavy atom. The van der Waals surface area contributed by atoms with Crippen LogP contribution in [-0.2, 0) is 19.7 Å². The molecule has 0 aromatic rings. The van der Waals surface area contributed by atoms with Crippen LogP contribution in [0.5, 0.6) is 0 Å². The van der Waals surface area contributed by atoms with E-state index in [1.807, 2.05) is 0 Å². The minimum absolute atomic E-state index is 0.368. The van der Waals surface area contributed by atoms with Crippen LogP contribution in [0, 0.1) is 0 Å². The Kier molecular flexibility index (Phi) is 13.1. The summed E-state index contributed by atoms with van der Waals surface area (Å²) >= 11 is 0. The molecule has 19 heavy (non-hydrogen) atoms. The smallest absolute Gasteiger partial charge is 0.268 e. The number of primary amides is 2. The highest BCUT2D eigenvalue weighted by atomic mass is 32.2. The Morgan fingerprint density at radius 3 is 1.32 bits per heavy atom. The van der Waals surface area contributed by atoms with Gasteiger partial charge in [0, 0.05) is 11.1 Å². The minimum Gasteiger partial charge on any atom is -0.366 e. The fraction of sp³-hybridized carbons (Fsp3) is 0.273. The highest BCUT2D eigenvalue weighted by Gasteiger charge is 1.95. The van der Waals surface area contributed by atoms with Crippen molar-refractivity contribution in [1.82, 2.24) is 0 Å². The van der Waals surface area contributed by atoms with Crippen molar-refractivity contribution in [3.05, 3.63) is 37.0 Å². The van der Waals surface area contributed by atoms with Crippen LogP contribution in [0.1, 0.15) is 13.8 Å². The molecule has 5 N–H and O–H groups in total. The van der Waals surface area contributed by atoms with Crippen molar-refractivity contribution in [2.45, 2.75) is 13.8 Å². The summed E-state index contributed by atoms with van der Waals surface area (Å²) in [5.41, 5.74) is 10.2. The molecule has 0 heterocycles. The predicted molar refractivity (Wildman–Crippen MR) is 74.6 cm³/mol. The van der Waals surface area contributed by atoms with Crippen LogP contribution in [0.15, 0.2) is 37.0 Å². The van der Waals surface area contributed by atoms with Crippen LogP contribution in [0.2, 0.25) is 0 Å². The summed E-state index contributed by atoms with van der Waals surface area (Å²) in [7, 11) is -3.79. The molecular weight excluding hydrogens is 272 g/mol. The van der Waals surface area contributed by atoms with Crippen molar-refractivity contribution < 1.29 is 22.6 Å². The van der Waals surface area contributed by atoms with Crippen LogP contribution >= 0.6 is 0 Å². The van der Waals surface area contributed by atoms with E-state index in [1.165, 1.54) is 0 Å². The highest BCUT2D eigenvalue weighted by Crippen LogP contribution is 1.79. The molecule has 0 fully saturated rings. The molecule has 0 bridgehead atoms. The molecule has 0 saturated carbocycles. The second-order valence-corrected chi connectivity index (χ2v) is 4.82. The molecule has 0 radical (unpaired) electrons. The van der Waals surface area contributed by atoms with E-state index in [4.69, 9.17) is 16.0 Å². The van der Waals surface area contributed by atoms with E-state index in [2.05, 4.69) is 19.7 Å². The van der Waals surface area contributed by atoms with E-state index in [0.29, 0.717) is 11.1 Å². The van der Waals surface area contributed by atoms with E-state index in [0.717, 1.165) is 6.08 Å². The zero-order valence-electron chi connectivity index (χ0n) is 11.0. The fourth-order valence-electron chi connectivity index (χ4n) is 0.149. The van der Waals surface area contributed by atoms with Gasteiger partial charge in [0.25, 0.3) is 10.1 Å². The lowest BCUT2D eigenvalue weighted by Gasteiger charge is -1.82. The molecule has 0 unspecified atom stereocenters. The van der Waals surface area contributed by atoms with Crippen LogP contribution in [-0.4, -0.2) is 30.5 Å². The van der Waals surface area contributed by atoms with E-state index >= 15 is 0 Å². The van der Waals surface area contributed by atoms with Gasteiger partial charge in [0.15, 0.2) is 0 Å². The second kappa shape index (κ2) is 11.2. The topological polar surface area (TPSA) is 141 Å². The van der Waals surface area contributed by atoms with Crippen molar-refractivity contribution in [3.63, 3.8) is 0 Å². The molecule has 0 rings (SSSR count). The first-order valence-electron chi connectivity index (χ1n) is 4.81. The maximum Gasteiger partial charge on any atom is 0.268 e. The maximum atomic E-state index is 9.82. The average molecular weight is 292 g/mol. The average Bonchev–Trinajstić information content (AvgIpc) is 2.16. The Morgan fingerprint density at radius 2 is 1.32 bits per heavy atom. The summed E-state index contributed by atoms with van der Waals surface area (Å²) in [4.78, 5) is 19.6. The lowest BCUT2D eigenvalue weighted by molar-refractivity contribution is -0.115. The van der Waals surface area contributed by atoms with E-state index in [1.54, 1.807) is 13.8 Å². The summed E-state index contributed by atoms with van der Waals surface area (Å²) in [5.74, 6) is -1.24. The van der Waals surface area contributed by atoms with Gasteiger partial charge in [-0.1, -0.05) is 19.2 Å². The number of hydrogen-bond acceptors (Lipinski definition) is 4. The van der Waals surface area contributed by atoms with E-state index in [-0.39, 0.29) is 5.75 Å². The first-order chi connectivity index (χ1) is 8.35. The second-order valence-electron chi connectivity index (χ2n) is 3.33. The molecule has 0 saturated heterocycles. The van der Waals surface area contributed by atoms with Gasteiger partial charge in [-0.05, 0) is 13.8 Å². The van der Waals surface area contributed by atoms with E-state index in [9.17, 15) is 18.0 Å². The zero-order valence-corrected chi connectivity index (χ0v) is 11.9. The van der Waals surface area contributed by atoms with Crippen molar-refractivity contribution in [1.29, 1.82) is 0 Å². The van der Waals surface area contributed by atoms with Gasteiger partial charge in [0.1, 0.15) is 0 Å². The Labute approximate surface area is 113 Å². The summed E-state index contributed by atoms with van der Waals surface area (Å²) < 4.78 is 27.3. The molecule has 0 atom stereocenters. The van der Waals surface area contributed by atoms with Crippen molar-refractivity contribution in [3.8, 4) is 0 Å². The minimum atomic E-state index is -3.79. The third-order valence-electron chi connectivity index (χ3n) is 1.17. The number of hydrogen-bond donors (Lipinski definition) is 3. The van der Waals surface area contributed by atoms with Crippen molar-refractivity contribution >= 4 is 21.9 Å². The molecule has 110 valence electrons. The number of nitrogens with two attached hydrogens (primary N) is 2. The molecule has 0 aromatic carbocycles.